The van der Waals surface area contributed by atoms with Gasteiger partial charge < -0.3 is 10.2 Å². The van der Waals surface area contributed by atoms with Crippen molar-refractivity contribution in [1.29, 1.82) is 0 Å². The van der Waals surface area contributed by atoms with E-state index in [0.29, 0.717) is 0 Å². The second kappa shape index (κ2) is 6.97. The highest BCUT2D eigenvalue weighted by Gasteiger charge is 2.51. The van der Waals surface area contributed by atoms with E-state index in [1.54, 1.807) is 11.3 Å². The fourth-order valence-electron chi connectivity index (χ4n) is 5.82. The molecule has 26 heavy (non-hydrogen) atoms. The number of nitrogens with one attached hydrogen (secondary N) is 3. The van der Waals surface area contributed by atoms with Gasteiger partial charge in [-0.15, -0.1) is 11.3 Å². The first-order valence-corrected chi connectivity index (χ1v) is 10.8. The quantitative estimate of drug-likeness (QED) is 0.735. The summed E-state index contributed by atoms with van der Waals surface area (Å²) in [6, 6.07) is 3.54. The van der Waals surface area contributed by atoms with Crippen molar-refractivity contribution in [2.75, 3.05) is 7.05 Å². The lowest BCUT2D eigenvalue weighted by Crippen LogP contribution is -3.12. The Kier molecular flexibility index (Phi) is 4.82. The average molecular weight is 377 g/mol. The molecule has 6 heteroatoms. The molecule has 3 amide bonds. The highest BCUT2D eigenvalue weighted by atomic mass is 32.1. The molecular formula is C20H30N3O2S+. The zero-order valence-corrected chi connectivity index (χ0v) is 16.5. The number of carbonyl (C=O) groups excluding carboxylic acids is 2. The van der Waals surface area contributed by atoms with Crippen molar-refractivity contribution < 1.29 is 14.5 Å². The largest absolute Gasteiger partial charge is 0.332 e. The Morgan fingerprint density at radius 1 is 1.23 bits per heavy atom. The lowest BCUT2D eigenvalue weighted by atomic mass is 9.53. The van der Waals surface area contributed by atoms with Crippen LogP contribution in [0.1, 0.15) is 50.3 Å². The number of urea groups is 1. The van der Waals surface area contributed by atoms with Crippen LogP contribution >= 0.6 is 11.3 Å². The van der Waals surface area contributed by atoms with E-state index in [1.807, 2.05) is 25.4 Å². The average Bonchev–Trinajstić information content (AvgIpc) is 3.04. The SMILES string of the molecule is C[C@H](C(=O)NC(=O)NC12CC3CC(CC(C3)C1)C2)[NH+](C)Cc1cccs1. The standard InChI is InChI=1S/C20H29N3O2S/c1-13(23(2)12-17-4-3-5-26-17)18(24)21-19(25)22-20-9-14-6-15(10-20)8-16(7-14)11-20/h3-5,13-16H,6-12H2,1-2H3,(H2,21,22,24,25)/p+1/t13-,14?,15?,16?,20?/m1/s1. The molecule has 3 N–H and O–H groups in total. The number of likely N-dealkylation sites (N-methyl/N-ethyl adjacent to an activating group) is 1. The Labute approximate surface area is 159 Å². The lowest BCUT2D eigenvalue weighted by molar-refractivity contribution is -0.907. The third-order valence-corrected chi connectivity index (χ3v) is 7.70. The topological polar surface area (TPSA) is 62.6 Å². The van der Waals surface area contributed by atoms with Gasteiger partial charge in [-0.1, -0.05) is 6.07 Å². The Bertz CT molecular complexity index is 637. The predicted molar refractivity (Wildman–Crippen MR) is 102 cm³/mol. The van der Waals surface area contributed by atoms with E-state index in [0.717, 1.165) is 48.5 Å². The maximum Gasteiger partial charge on any atom is 0.322 e. The van der Waals surface area contributed by atoms with E-state index < -0.39 is 0 Å². The molecule has 1 heterocycles. The van der Waals surface area contributed by atoms with Crippen molar-refractivity contribution in [2.45, 2.75) is 63.6 Å². The molecule has 1 aromatic heterocycles. The van der Waals surface area contributed by atoms with Gasteiger partial charge in [-0.05, 0) is 74.6 Å². The molecule has 5 rings (SSSR count). The number of amides is 3. The normalized spacial score (nSPS) is 34.3. The molecular weight excluding hydrogens is 346 g/mol. The monoisotopic (exact) mass is 376 g/mol. The van der Waals surface area contributed by atoms with Gasteiger partial charge in [0.25, 0.3) is 5.91 Å². The first-order chi connectivity index (χ1) is 12.4. The molecule has 5 nitrogen and oxygen atoms in total. The van der Waals surface area contributed by atoms with Gasteiger partial charge in [-0.3, -0.25) is 10.1 Å². The van der Waals surface area contributed by atoms with Crippen LogP contribution in [0.4, 0.5) is 4.79 Å². The summed E-state index contributed by atoms with van der Waals surface area (Å²) in [5.41, 5.74) is -0.0575. The van der Waals surface area contributed by atoms with Gasteiger partial charge in [-0.25, -0.2) is 4.79 Å². The number of quaternary nitrogens is 1. The van der Waals surface area contributed by atoms with Crippen LogP contribution in [0.15, 0.2) is 17.5 Å². The fraction of sp³-hybridized carbons (Fsp3) is 0.700. The Balaban J connectivity index is 1.31. The van der Waals surface area contributed by atoms with Crippen LogP contribution < -0.4 is 15.5 Å². The molecule has 0 saturated heterocycles. The smallest absolute Gasteiger partial charge is 0.322 e. The Morgan fingerprint density at radius 3 is 2.38 bits per heavy atom. The molecule has 4 saturated carbocycles. The first-order valence-electron chi connectivity index (χ1n) is 9.90. The van der Waals surface area contributed by atoms with Crippen LogP contribution in [0.3, 0.4) is 0 Å². The Morgan fingerprint density at radius 2 is 1.85 bits per heavy atom. The third-order valence-electron chi connectivity index (χ3n) is 6.82. The van der Waals surface area contributed by atoms with Crippen molar-refractivity contribution in [3.05, 3.63) is 22.4 Å². The Hall–Kier alpha value is -1.40. The van der Waals surface area contributed by atoms with Crippen LogP contribution in [0.2, 0.25) is 0 Å². The van der Waals surface area contributed by atoms with Crippen LogP contribution in [-0.4, -0.2) is 30.6 Å². The molecule has 4 aliphatic carbocycles. The minimum Gasteiger partial charge on any atom is -0.332 e. The molecule has 1 unspecified atom stereocenters. The molecule has 2 atom stereocenters. The van der Waals surface area contributed by atoms with E-state index in [4.69, 9.17) is 0 Å². The summed E-state index contributed by atoms with van der Waals surface area (Å²) in [6.07, 6.45) is 7.32. The second-order valence-corrected chi connectivity index (χ2v) is 10.00. The van der Waals surface area contributed by atoms with Crippen molar-refractivity contribution in [3.63, 3.8) is 0 Å². The molecule has 0 radical (unpaired) electrons. The number of imide groups is 1. The summed E-state index contributed by atoms with van der Waals surface area (Å²) in [5.74, 6) is 2.13. The van der Waals surface area contributed by atoms with Crippen LogP contribution in [0, 0.1) is 17.8 Å². The summed E-state index contributed by atoms with van der Waals surface area (Å²) < 4.78 is 0. The van der Waals surface area contributed by atoms with Gasteiger partial charge in [0.1, 0.15) is 6.54 Å². The second-order valence-electron chi connectivity index (χ2n) is 8.97. The van der Waals surface area contributed by atoms with Crippen LogP contribution in [0.25, 0.3) is 0 Å². The summed E-state index contributed by atoms with van der Waals surface area (Å²) >= 11 is 1.70. The summed E-state index contributed by atoms with van der Waals surface area (Å²) in [7, 11) is 2.00. The summed E-state index contributed by atoms with van der Waals surface area (Å²) in [5, 5.41) is 7.87. The zero-order valence-electron chi connectivity index (χ0n) is 15.7. The minimum absolute atomic E-state index is 0.0575. The maximum absolute atomic E-state index is 12.5. The molecule has 0 spiro atoms. The van der Waals surface area contributed by atoms with Crippen molar-refractivity contribution >= 4 is 23.3 Å². The van der Waals surface area contributed by atoms with E-state index in [9.17, 15) is 9.59 Å². The maximum atomic E-state index is 12.5. The van der Waals surface area contributed by atoms with Crippen molar-refractivity contribution in [1.82, 2.24) is 10.6 Å². The molecule has 0 aliphatic heterocycles. The molecule has 4 fully saturated rings. The predicted octanol–water partition coefficient (Wildman–Crippen LogP) is 1.95. The van der Waals surface area contributed by atoms with Gasteiger partial charge in [0.05, 0.1) is 11.9 Å². The number of rotatable bonds is 5. The van der Waals surface area contributed by atoms with Crippen LogP contribution in [0.5, 0.6) is 0 Å². The van der Waals surface area contributed by atoms with Gasteiger partial charge in [0.2, 0.25) is 0 Å². The summed E-state index contributed by atoms with van der Waals surface area (Å²) in [6.45, 7) is 2.68. The minimum atomic E-state index is -0.298. The fourth-order valence-corrected chi connectivity index (χ4v) is 6.62. The van der Waals surface area contributed by atoms with Crippen molar-refractivity contribution in [3.8, 4) is 0 Å². The van der Waals surface area contributed by atoms with E-state index >= 15 is 0 Å². The molecule has 4 bridgehead atoms. The molecule has 1 aromatic rings. The molecule has 142 valence electrons. The molecule has 0 aromatic carbocycles. The highest BCUT2D eigenvalue weighted by molar-refractivity contribution is 7.09. The zero-order chi connectivity index (χ0) is 18.3. The number of thiophene rings is 1. The number of hydrogen-bond acceptors (Lipinski definition) is 3. The number of hydrogen-bond donors (Lipinski definition) is 3. The highest BCUT2D eigenvalue weighted by Crippen LogP contribution is 2.55. The van der Waals surface area contributed by atoms with Gasteiger partial charge in [-0.2, -0.15) is 0 Å². The van der Waals surface area contributed by atoms with Gasteiger partial charge >= 0.3 is 6.03 Å². The van der Waals surface area contributed by atoms with Crippen molar-refractivity contribution in [2.24, 2.45) is 17.8 Å². The van der Waals surface area contributed by atoms with E-state index in [-0.39, 0.29) is 23.5 Å². The van der Waals surface area contributed by atoms with Crippen LogP contribution in [-0.2, 0) is 11.3 Å². The van der Waals surface area contributed by atoms with E-state index in [1.165, 1.54) is 24.1 Å². The van der Waals surface area contributed by atoms with Gasteiger partial charge in [0.15, 0.2) is 6.04 Å². The molecule has 4 aliphatic rings. The van der Waals surface area contributed by atoms with E-state index in [2.05, 4.69) is 16.7 Å². The first kappa shape index (κ1) is 18.0. The van der Waals surface area contributed by atoms with Gasteiger partial charge in [0, 0.05) is 5.54 Å². The number of carbonyl (C=O) groups is 2. The summed E-state index contributed by atoms with van der Waals surface area (Å²) in [4.78, 5) is 27.4. The lowest BCUT2D eigenvalue weighted by Gasteiger charge is -2.56. The third kappa shape index (κ3) is 3.67.